The van der Waals surface area contributed by atoms with Gasteiger partial charge in [-0.15, -0.1) is 0 Å². The van der Waals surface area contributed by atoms with E-state index < -0.39 is 10.0 Å². The monoisotopic (exact) mass is 285 g/mol. The van der Waals surface area contributed by atoms with Crippen LogP contribution in [-0.2, 0) is 14.8 Å². The zero-order valence-electron chi connectivity index (χ0n) is 10.8. The maximum Gasteiger partial charge on any atom is 0.238 e. The molecule has 7 heteroatoms. The van der Waals surface area contributed by atoms with Crippen molar-refractivity contribution >= 4 is 21.6 Å². The molecule has 0 aromatic heterocycles. The van der Waals surface area contributed by atoms with E-state index in [4.69, 9.17) is 10.9 Å². The van der Waals surface area contributed by atoms with E-state index in [-0.39, 0.29) is 16.7 Å². The van der Waals surface area contributed by atoms with E-state index in [1.54, 1.807) is 6.07 Å². The number of amides is 1. The fourth-order valence-electron chi connectivity index (χ4n) is 1.47. The number of primary sulfonamides is 1. The van der Waals surface area contributed by atoms with Gasteiger partial charge in [0, 0.05) is 12.1 Å². The van der Waals surface area contributed by atoms with Crippen LogP contribution in [0.25, 0.3) is 0 Å². The summed E-state index contributed by atoms with van der Waals surface area (Å²) in [5.41, 5.74) is 5.88. The normalized spacial score (nSPS) is 13.0. The number of hydrogen-bond acceptors (Lipinski definition) is 4. The molecule has 1 aromatic carbocycles. The minimum atomic E-state index is -3.76. The number of benzene rings is 1. The molecule has 106 valence electrons. The Morgan fingerprint density at radius 1 is 1.42 bits per heavy atom. The van der Waals surface area contributed by atoms with E-state index >= 15 is 0 Å². The number of rotatable bonds is 6. The van der Waals surface area contributed by atoms with E-state index in [0.29, 0.717) is 25.1 Å². The molecule has 0 saturated heterocycles. The molecular weight excluding hydrogens is 266 g/mol. The molecule has 0 aliphatic heterocycles. The standard InChI is InChI=1S/C12H19N3O3S/c1-9(8-13)5-6-12(16)15-10-3-2-4-11(7-10)19(14,17)18/h2-4,7,9H,5-6,8,13H2,1H3,(H,15,16)(H2,14,17,18). The number of hydrogen-bond donors (Lipinski definition) is 3. The zero-order valence-corrected chi connectivity index (χ0v) is 11.6. The molecule has 0 fully saturated rings. The second kappa shape index (κ2) is 6.65. The van der Waals surface area contributed by atoms with Crippen molar-refractivity contribution in [2.24, 2.45) is 16.8 Å². The second-order valence-corrected chi connectivity index (χ2v) is 6.06. The van der Waals surface area contributed by atoms with Gasteiger partial charge in [-0.1, -0.05) is 13.0 Å². The van der Waals surface area contributed by atoms with Gasteiger partial charge >= 0.3 is 0 Å². The van der Waals surface area contributed by atoms with E-state index in [9.17, 15) is 13.2 Å². The maximum absolute atomic E-state index is 11.7. The van der Waals surface area contributed by atoms with Gasteiger partial charge in [-0.3, -0.25) is 4.79 Å². The van der Waals surface area contributed by atoms with Crippen LogP contribution in [0, 0.1) is 5.92 Å². The summed E-state index contributed by atoms with van der Waals surface area (Å²) in [7, 11) is -3.76. The smallest absolute Gasteiger partial charge is 0.238 e. The third-order valence-electron chi connectivity index (χ3n) is 2.71. The Kier molecular flexibility index (Phi) is 5.46. The Morgan fingerprint density at radius 3 is 2.68 bits per heavy atom. The van der Waals surface area contributed by atoms with Gasteiger partial charge in [-0.25, -0.2) is 13.6 Å². The van der Waals surface area contributed by atoms with Crippen molar-refractivity contribution in [3.8, 4) is 0 Å². The largest absolute Gasteiger partial charge is 0.330 e. The van der Waals surface area contributed by atoms with Crippen LogP contribution in [0.2, 0.25) is 0 Å². The van der Waals surface area contributed by atoms with Crippen LogP contribution in [-0.4, -0.2) is 20.9 Å². The zero-order chi connectivity index (χ0) is 14.5. The molecule has 0 heterocycles. The van der Waals surface area contributed by atoms with Crippen molar-refractivity contribution in [2.45, 2.75) is 24.7 Å². The van der Waals surface area contributed by atoms with Gasteiger partial charge in [0.25, 0.3) is 0 Å². The molecule has 0 saturated carbocycles. The highest BCUT2D eigenvalue weighted by Crippen LogP contribution is 2.15. The third-order valence-corrected chi connectivity index (χ3v) is 3.62. The highest BCUT2D eigenvalue weighted by Gasteiger charge is 2.10. The Hall–Kier alpha value is -1.44. The molecule has 0 aliphatic rings. The summed E-state index contributed by atoms with van der Waals surface area (Å²) in [6.07, 6.45) is 1.04. The summed E-state index contributed by atoms with van der Waals surface area (Å²) in [6, 6.07) is 5.85. The molecule has 0 spiro atoms. The maximum atomic E-state index is 11.7. The molecule has 0 radical (unpaired) electrons. The molecule has 0 bridgehead atoms. The van der Waals surface area contributed by atoms with E-state index in [0.717, 1.165) is 0 Å². The lowest BCUT2D eigenvalue weighted by molar-refractivity contribution is -0.116. The third kappa shape index (κ3) is 5.37. The number of nitrogens with one attached hydrogen (secondary N) is 1. The molecule has 0 aliphatic carbocycles. The van der Waals surface area contributed by atoms with Gasteiger partial charge in [0.2, 0.25) is 15.9 Å². The van der Waals surface area contributed by atoms with Crippen molar-refractivity contribution < 1.29 is 13.2 Å². The molecule has 6 nitrogen and oxygen atoms in total. The first-order chi connectivity index (χ1) is 8.82. The van der Waals surface area contributed by atoms with Crippen molar-refractivity contribution in [3.05, 3.63) is 24.3 Å². The molecule has 5 N–H and O–H groups in total. The van der Waals surface area contributed by atoms with Gasteiger partial charge in [-0.2, -0.15) is 0 Å². The van der Waals surface area contributed by atoms with Crippen molar-refractivity contribution in [1.82, 2.24) is 0 Å². The van der Waals surface area contributed by atoms with E-state index in [1.807, 2.05) is 6.92 Å². The van der Waals surface area contributed by atoms with E-state index in [2.05, 4.69) is 5.32 Å². The summed E-state index contributed by atoms with van der Waals surface area (Å²) in [5, 5.41) is 7.65. The minimum absolute atomic E-state index is 0.0272. The van der Waals surface area contributed by atoms with Crippen LogP contribution in [0.1, 0.15) is 19.8 Å². The van der Waals surface area contributed by atoms with Crippen LogP contribution >= 0.6 is 0 Å². The molecule has 1 amide bonds. The summed E-state index contributed by atoms with van der Waals surface area (Å²) < 4.78 is 22.4. The average molecular weight is 285 g/mol. The van der Waals surface area contributed by atoms with Crippen LogP contribution in [0.4, 0.5) is 5.69 Å². The van der Waals surface area contributed by atoms with Gasteiger partial charge < -0.3 is 11.1 Å². The van der Waals surface area contributed by atoms with Crippen molar-refractivity contribution in [1.29, 1.82) is 0 Å². The molecule has 1 unspecified atom stereocenters. The van der Waals surface area contributed by atoms with Crippen LogP contribution in [0.3, 0.4) is 0 Å². The quantitative estimate of drug-likeness (QED) is 0.711. The number of carbonyl (C=O) groups is 1. The topological polar surface area (TPSA) is 115 Å². The summed E-state index contributed by atoms with van der Waals surface area (Å²) >= 11 is 0. The Bertz CT molecular complexity index is 543. The fourth-order valence-corrected chi connectivity index (χ4v) is 2.03. The first-order valence-electron chi connectivity index (χ1n) is 5.95. The fraction of sp³-hybridized carbons (Fsp3) is 0.417. The summed E-state index contributed by atoms with van der Waals surface area (Å²) in [5.74, 6) is 0.105. The Labute approximate surface area is 113 Å². The molecule has 1 rings (SSSR count). The average Bonchev–Trinajstić information content (AvgIpc) is 2.35. The van der Waals surface area contributed by atoms with Crippen LogP contribution in [0.15, 0.2) is 29.2 Å². The second-order valence-electron chi connectivity index (χ2n) is 4.50. The SMILES string of the molecule is CC(CN)CCC(=O)Nc1cccc(S(N)(=O)=O)c1. The highest BCUT2D eigenvalue weighted by molar-refractivity contribution is 7.89. The van der Waals surface area contributed by atoms with Crippen molar-refractivity contribution in [3.63, 3.8) is 0 Å². The lowest BCUT2D eigenvalue weighted by atomic mass is 10.1. The highest BCUT2D eigenvalue weighted by atomic mass is 32.2. The predicted octanol–water partition coefficient (Wildman–Crippen LogP) is 0.647. The lowest BCUT2D eigenvalue weighted by Gasteiger charge is -2.09. The molecule has 1 atom stereocenters. The minimum Gasteiger partial charge on any atom is -0.330 e. The van der Waals surface area contributed by atoms with Gasteiger partial charge in [0.15, 0.2) is 0 Å². The molecule has 1 aromatic rings. The first-order valence-corrected chi connectivity index (χ1v) is 7.50. The predicted molar refractivity (Wildman–Crippen MR) is 73.9 cm³/mol. The first kappa shape index (κ1) is 15.6. The molecular formula is C12H19N3O3S. The Morgan fingerprint density at radius 2 is 2.11 bits per heavy atom. The Balaban J connectivity index is 2.65. The number of nitrogens with two attached hydrogens (primary N) is 2. The van der Waals surface area contributed by atoms with Gasteiger partial charge in [0.1, 0.15) is 0 Å². The number of sulfonamides is 1. The number of anilines is 1. The summed E-state index contributed by atoms with van der Waals surface area (Å²) in [4.78, 5) is 11.6. The van der Waals surface area contributed by atoms with Gasteiger partial charge in [-0.05, 0) is 37.1 Å². The van der Waals surface area contributed by atoms with Crippen molar-refractivity contribution in [2.75, 3.05) is 11.9 Å². The summed E-state index contributed by atoms with van der Waals surface area (Å²) in [6.45, 7) is 2.50. The van der Waals surface area contributed by atoms with Crippen LogP contribution in [0.5, 0.6) is 0 Å². The van der Waals surface area contributed by atoms with E-state index in [1.165, 1.54) is 18.2 Å². The number of carbonyl (C=O) groups excluding carboxylic acids is 1. The molecule has 19 heavy (non-hydrogen) atoms. The van der Waals surface area contributed by atoms with Crippen LogP contribution < -0.4 is 16.2 Å². The lowest BCUT2D eigenvalue weighted by Crippen LogP contribution is -2.17. The van der Waals surface area contributed by atoms with Gasteiger partial charge in [0.05, 0.1) is 4.90 Å².